The third-order valence-corrected chi connectivity index (χ3v) is 3.27. The van der Waals surface area contributed by atoms with E-state index in [0.717, 1.165) is 11.1 Å². The lowest BCUT2D eigenvalue weighted by Gasteiger charge is -2.05. The highest BCUT2D eigenvalue weighted by Gasteiger charge is 2.13. The molecule has 18 heavy (non-hydrogen) atoms. The van der Waals surface area contributed by atoms with Gasteiger partial charge in [0.15, 0.2) is 5.82 Å². The summed E-state index contributed by atoms with van der Waals surface area (Å²) in [5.41, 5.74) is 1.59. The smallest absolute Gasteiger partial charge is 0.165 e. The molecule has 96 valence electrons. The van der Waals surface area contributed by atoms with Crippen molar-refractivity contribution < 1.29 is 0 Å². The maximum atomic E-state index is 6.09. The molecule has 2 rings (SSSR count). The van der Waals surface area contributed by atoms with Gasteiger partial charge < -0.3 is 0 Å². The van der Waals surface area contributed by atoms with Crippen LogP contribution in [0.25, 0.3) is 11.4 Å². The van der Waals surface area contributed by atoms with Crippen molar-refractivity contribution in [2.24, 2.45) is 0 Å². The van der Waals surface area contributed by atoms with E-state index in [0.29, 0.717) is 28.6 Å². The van der Waals surface area contributed by atoms with Gasteiger partial charge in [0.05, 0.1) is 11.8 Å². The highest BCUT2D eigenvalue weighted by atomic mass is 35.5. The molecule has 0 saturated carbocycles. The van der Waals surface area contributed by atoms with Gasteiger partial charge in [0.25, 0.3) is 0 Å². The van der Waals surface area contributed by atoms with E-state index < -0.39 is 0 Å². The second-order valence-electron chi connectivity index (χ2n) is 4.26. The largest absolute Gasteiger partial charge is 0.270 e. The van der Waals surface area contributed by atoms with E-state index in [4.69, 9.17) is 23.2 Å². The van der Waals surface area contributed by atoms with Gasteiger partial charge in [0.1, 0.15) is 10.3 Å². The first-order valence-corrected chi connectivity index (χ1v) is 6.55. The highest BCUT2D eigenvalue weighted by Crippen LogP contribution is 2.26. The summed E-state index contributed by atoms with van der Waals surface area (Å²) in [6, 6.07) is 0.291. The van der Waals surface area contributed by atoms with Gasteiger partial charge in [0.2, 0.25) is 0 Å². The zero-order valence-corrected chi connectivity index (χ0v) is 12.0. The van der Waals surface area contributed by atoms with Crippen LogP contribution in [0.1, 0.15) is 32.4 Å². The zero-order valence-electron chi connectivity index (χ0n) is 10.5. The SMILES string of the molecule is CCc1c(Cl)nc(-c2cnn(C(C)C)c2)nc1Cl. The quantitative estimate of drug-likeness (QED) is 0.806. The minimum Gasteiger partial charge on any atom is -0.270 e. The van der Waals surface area contributed by atoms with Gasteiger partial charge in [-0.25, -0.2) is 9.97 Å². The maximum absolute atomic E-state index is 6.09. The molecule has 0 aliphatic carbocycles. The molecule has 0 atom stereocenters. The van der Waals surface area contributed by atoms with Crippen molar-refractivity contribution in [1.29, 1.82) is 0 Å². The first kappa shape index (κ1) is 13.3. The molecule has 0 aromatic carbocycles. The van der Waals surface area contributed by atoms with Gasteiger partial charge in [-0.2, -0.15) is 5.10 Å². The predicted octanol–water partition coefficient (Wildman–Crippen LogP) is 3.79. The summed E-state index contributed by atoms with van der Waals surface area (Å²) in [6.45, 7) is 6.07. The Morgan fingerprint density at radius 2 is 1.83 bits per heavy atom. The van der Waals surface area contributed by atoms with Crippen molar-refractivity contribution in [2.45, 2.75) is 33.2 Å². The Morgan fingerprint density at radius 3 is 2.28 bits per heavy atom. The van der Waals surface area contributed by atoms with Crippen LogP contribution < -0.4 is 0 Å². The monoisotopic (exact) mass is 284 g/mol. The number of nitrogens with zero attached hydrogens (tertiary/aromatic N) is 4. The number of hydrogen-bond acceptors (Lipinski definition) is 3. The van der Waals surface area contributed by atoms with Crippen LogP contribution in [0, 0.1) is 0 Å². The van der Waals surface area contributed by atoms with Crippen LogP contribution in [0.3, 0.4) is 0 Å². The lowest BCUT2D eigenvalue weighted by molar-refractivity contribution is 0.532. The van der Waals surface area contributed by atoms with Crippen LogP contribution in [0.4, 0.5) is 0 Å². The molecular formula is C12H14Cl2N4. The first-order chi connectivity index (χ1) is 8.52. The summed E-state index contributed by atoms with van der Waals surface area (Å²) in [6.07, 6.45) is 4.31. The van der Waals surface area contributed by atoms with Crippen molar-refractivity contribution >= 4 is 23.2 Å². The Labute approximate surface area is 116 Å². The number of hydrogen-bond donors (Lipinski definition) is 0. The van der Waals surface area contributed by atoms with Crippen molar-refractivity contribution in [3.63, 3.8) is 0 Å². The fourth-order valence-electron chi connectivity index (χ4n) is 1.59. The summed E-state index contributed by atoms with van der Waals surface area (Å²) < 4.78 is 1.84. The third kappa shape index (κ3) is 2.49. The lowest BCUT2D eigenvalue weighted by atomic mass is 10.2. The third-order valence-electron chi connectivity index (χ3n) is 2.65. The second kappa shape index (κ2) is 5.24. The summed E-state index contributed by atoms with van der Waals surface area (Å²) in [5, 5.41) is 5.06. The fraction of sp³-hybridized carbons (Fsp3) is 0.417. The van der Waals surface area contributed by atoms with Crippen LogP contribution in [-0.4, -0.2) is 19.7 Å². The molecule has 4 nitrogen and oxygen atoms in total. The van der Waals surface area contributed by atoms with Gasteiger partial charge in [-0.05, 0) is 20.3 Å². The van der Waals surface area contributed by atoms with Crippen molar-refractivity contribution in [1.82, 2.24) is 19.7 Å². The molecule has 0 bridgehead atoms. The minimum absolute atomic E-state index is 0.291. The Morgan fingerprint density at radius 1 is 1.22 bits per heavy atom. The molecule has 0 fully saturated rings. The Balaban J connectivity index is 2.44. The molecule has 0 radical (unpaired) electrons. The second-order valence-corrected chi connectivity index (χ2v) is 4.98. The topological polar surface area (TPSA) is 43.6 Å². The fourth-order valence-corrected chi connectivity index (χ4v) is 2.24. The van der Waals surface area contributed by atoms with E-state index in [1.807, 2.05) is 17.8 Å². The number of aromatic nitrogens is 4. The van der Waals surface area contributed by atoms with Gasteiger partial charge in [0, 0.05) is 17.8 Å². The molecule has 0 saturated heterocycles. The van der Waals surface area contributed by atoms with E-state index in [1.54, 1.807) is 6.20 Å². The zero-order chi connectivity index (χ0) is 13.3. The molecule has 2 aromatic rings. The Hall–Kier alpha value is -1.13. The van der Waals surface area contributed by atoms with Crippen molar-refractivity contribution in [2.75, 3.05) is 0 Å². The van der Waals surface area contributed by atoms with Crippen LogP contribution in [0.5, 0.6) is 0 Å². The lowest BCUT2D eigenvalue weighted by Crippen LogP contribution is -2.00. The van der Waals surface area contributed by atoms with Gasteiger partial charge >= 0.3 is 0 Å². The molecular weight excluding hydrogens is 271 g/mol. The van der Waals surface area contributed by atoms with E-state index >= 15 is 0 Å². The first-order valence-electron chi connectivity index (χ1n) is 5.79. The minimum atomic E-state index is 0.291. The molecule has 2 aromatic heterocycles. The molecule has 0 N–H and O–H groups in total. The molecule has 0 aliphatic rings. The van der Waals surface area contributed by atoms with Gasteiger partial charge in [-0.3, -0.25) is 4.68 Å². The summed E-state index contributed by atoms with van der Waals surface area (Å²) in [5.74, 6) is 0.508. The summed E-state index contributed by atoms with van der Waals surface area (Å²) in [4.78, 5) is 8.53. The van der Waals surface area contributed by atoms with Crippen LogP contribution in [0.2, 0.25) is 10.3 Å². The maximum Gasteiger partial charge on any atom is 0.165 e. The van der Waals surface area contributed by atoms with E-state index in [-0.39, 0.29) is 0 Å². The van der Waals surface area contributed by atoms with E-state index in [1.165, 1.54) is 0 Å². The molecule has 6 heteroatoms. The average Bonchev–Trinajstić information content (AvgIpc) is 2.77. The molecule has 0 spiro atoms. The Bertz CT molecular complexity index is 540. The van der Waals surface area contributed by atoms with Crippen molar-refractivity contribution in [3.8, 4) is 11.4 Å². The standard InChI is InChI=1S/C12H14Cl2N4/c1-4-9-10(13)16-12(17-11(9)14)8-5-15-18(6-8)7(2)3/h5-7H,4H2,1-3H3. The summed E-state index contributed by atoms with van der Waals surface area (Å²) >= 11 is 12.2. The van der Waals surface area contributed by atoms with Crippen LogP contribution >= 0.6 is 23.2 Å². The van der Waals surface area contributed by atoms with Gasteiger partial charge in [-0.1, -0.05) is 30.1 Å². The molecule has 0 unspecified atom stereocenters. The van der Waals surface area contributed by atoms with Crippen molar-refractivity contribution in [3.05, 3.63) is 28.3 Å². The van der Waals surface area contributed by atoms with E-state index in [2.05, 4.69) is 28.9 Å². The molecule has 2 heterocycles. The van der Waals surface area contributed by atoms with Gasteiger partial charge in [-0.15, -0.1) is 0 Å². The average molecular weight is 285 g/mol. The Kier molecular flexibility index (Phi) is 3.88. The van der Waals surface area contributed by atoms with E-state index in [9.17, 15) is 0 Å². The molecule has 0 amide bonds. The highest BCUT2D eigenvalue weighted by molar-refractivity contribution is 6.34. The normalized spacial score (nSPS) is 11.2. The predicted molar refractivity (Wildman–Crippen MR) is 73.0 cm³/mol. The van der Waals surface area contributed by atoms with Crippen LogP contribution in [0.15, 0.2) is 12.4 Å². The van der Waals surface area contributed by atoms with Crippen LogP contribution in [-0.2, 0) is 6.42 Å². The number of halogens is 2. The summed E-state index contributed by atoms with van der Waals surface area (Å²) in [7, 11) is 0. The number of rotatable bonds is 3. The molecule has 0 aliphatic heterocycles.